The van der Waals surface area contributed by atoms with Crippen molar-refractivity contribution in [3.8, 4) is 0 Å². The van der Waals surface area contributed by atoms with Crippen LogP contribution in [0.25, 0.3) is 0 Å². The van der Waals surface area contributed by atoms with E-state index in [1.54, 1.807) is 12.1 Å². The molecular formula is C16H17BrFN. The topological polar surface area (TPSA) is 12.0 Å². The standard InChI is InChI=1S/C16H17BrFN/c1-11-5-3-8-15(16(11)17)19-12(2)9-13-6-4-7-14(18)10-13/h3-8,10,12,19H,9H2,1-2H3. The SMILES string of the molecule is Cc1cccc(NC(C)Cc2cccc(F)c2)c1Br. The molecular weight excluding hydrogens is 305 g/mol. The quantitative estimate of drug-likeness (QED) is 0.841. The summed E-state index contributed by atoms with van der Waals surface area (Å²) in [6.45, 7) is 4.16. The van der Waals surface area contributed by atoms with Gasteiger partial charge in [-0.3, -0.25) is 0 Å². The second kappa shape index (κ2) is 6.20. The van der Waals surface area contributed by atoms with Crippen LogP contribution in [0, 0.1) is 12.7 Å². The van der Waals surface area contributed by atoms with Crippen LogP contribution in [0.4, 0.5) is 10.1 Å². The van der Waals surface area contributed by atoms with Gasteiger partial charge >= 0.3 is 0 Å². The Labute approximate surface area is 122 Å². The third-order valence-electron chi connectivity index (χ3n) is 3.02. The number of hydrogen-bond donors (Lipinski definition) is 1. The number of nitrogens with one attached hydrogen (secondary N) is 1. The summed E-state index contributed by atoms with van der Waals surface area (Å²) >= 11 is 3.58. The lowest BCUT2D eigenvalue weighted by atomic mass is 10.1. The molecule has 2 aromatic rings. The maximum atomic E-state index is 13.1. The highest BCUT2D eigenvalue weighted by Crippen LogP contribution is 2.26. The smallest absolute Gasteiger partial charge is 0.123 e. The summed E-state index contributed by atoms with van der Waals surface area (Å²) in [5.74, 6) is -0.179. The second-order valence-electron chi connectivity index (χ2n) is 4.82. The van der Waals surface area contributed by atoms with Gasteiger partial charge in [0.15, 0.2) is 0 Å². The molecule has 0 amide bonds. The van der Waals surface area contributed by atoms with Crippen molar-refractivity contribution in [2.24, 2.45) is 0 Å². The fourth-order valence-corrected chi connectivity index (χ4v) is 2.47. The Kier molecular flexibility index (Phi) is 4.59. The lowest BCUT2D eigenvalue weighted by Crippen LogP contribution is -2.18. The van der Waals surface area contributed by atoms with Gasteiger partial charge in [-0.25, -0.2) is 4.39 Å². The third-order valence-corrected chi connectivity index (χ3v) is 4.08. The zero-order valence-electron chi connectivity index (χ0n) is 11.1. The van der Waals surface area contributed by atoms with Crippen LogP contribution in [0.1, 0.15) is 18.1 Å². The fraction of sp³-hybridized carbons (Fsp3) is 0.250. The summed E-state index contributed by atoms with van der Waals surface area (Å²) in [5, 5.41) is 3.45. The van der Waals surface area contributed by atoms with Gasteiger partial charge in [-0.2, -0.15) is 0 Å². The van der Waals surface area contributed by atoms with Gasteiger partial charge in [0.2, 0.25) is 0 Å². The molecule has 2 aromatic carbocycles. The summed E-state index contributed by atoms with van der Waals surface area (Å²) in [4.78, 5) is 0. The van der Waals surface area contributed by atoms with Gasteiger partial charge in [0.05, 0.1) is 0 Å². The zero-order chi connectivity index (χ0) is 13.8. The molecule has 0 aliphatic heterocycles. The predicted molar refractivity (Wildman–Crippen MR) is 82.1 cm³/mol. The molecule has 100 valence electrons. The Morgan fingerprint density at radius 1 is 1.21 bits per heavy atom. The monoisotopic (exact) mass is 321 g/mol. The van der Waals surface area contributed by atoms with Crippen LogP contribution in [-0.2, 0) is 6.42 Å². The lowest BCUT2D eigenvalue weighted by Gasteiger charge is -2.17. The maximum absolute atomic E-state index is 13.1. The summed E-state index contributed by atoms with van der Waals surface area (Å²) in [5.41, 5.74) is 3.27. The van der Waals surface area contributed by atoms with Gasteiger partial charge in [-0.1, -0.05) is 24.3 Å². The number of anilines is 1. The van der Waals surface area contributed by atoms with Crippen LogP contribution in [-0.4, -0.2) is 6.04 Å². The third kappa shape index (κ3) is 3.80. The molecule has 3 heteroatoms. The Bertz CT molecular complexity index is 568. The molecule has 1 atom stereocenters. The fourth-order valence-electron chi connectivity index (χ4n) is 2.09. The van der Waals surface area contributed by atoms with Crippen LogP contribution in [0.3, 0.4) is 0 Å². The molecule has 0 saturated carbocycles. The Morgan fingerprint density at radius 3 is 2.68 bits per heavy atom. The molecule has 0 fully saturated rings. The molecule has 0 bridgehead atoms. The van der Waals surface area contributed by atoms with E-state index in [1.165, 1.54) is 11.6 Å². The van der Waals surface area contributed by atoms with Gasteiger partial charge in [-0.15, -0.1) is 0 Å². The molecule has 1 unspecified atom stereocenters. The first-order valence-corrected chi connectivity index (χ1v) is 7.11. The highest BCUT2D eigenvalue weighted by molar-refractivity contribution is 9.10. The summed E-state index contributed by atoms with van der Waals surface area (Å²) in [6.07, 6.45) is 0.790. The number of rotatable bonds is 4. The summed E-state index contributed by atoms with van der Waals surface area (Å²) in [6, 6.07) is 13.1. The molecule has 0 spiro atoms. The van der Waals surface area contributed by atoms with Gasteiger partial charge < -0.3 is 5.32 Å². The summed E-state index contributed by atoms with van der Waals surface area (Å²) in [7, 11) is 0. The highest BCUT2D eigenvalue weighted by atomic mass is 79.9. The van der Waals surface area contributed by atoms with Crippen molar-refractivity contribution < 1.29 is 4.39 Å². The largest absolute Gasteiger partial charge is 0.381 e. The molecule has 1 nitrogen and oxygen atoms in total. The van der Waals surface area contributed by atoms with E-state index >= 15 is 0 Å². The van der Waals surface area contributed by atoms with E-state index in [9.17, 15) is 4.39 Å². The van der Waals surface area contributed by atoms with Crippen molar-refractivity contribution in [1.82, 2.24) is 0 Å². The van der Waals surface area contributed by atoms with E-state index in [0.29, 0.717) is 0 Å². The Morgan fingerprint density at radius 2 is 1.95 bits per heavy atom. The molecule has 0 saturated heterocycles. The normalized spacial score (nSPS) is 12.2. The molecule has 0 radical (unpaired) electrons. The van der Waals surface area contributed by atoms with Gasteiger partial charge in [0.25, 0.3) is 0 Å². The van der Waals surface area contributed by atoms with Gasteiger partial charge in [-0.05, 0) is 65.5 Å². The minimum atomic E-state index is -0.179. The molecule has 19 heavy (non-hydrogen) atoms. The molecule has 0 aromatic heterocycles. The number of halogens is 2. The van der Waals surface area contributed by atoms with Crippen LogP contribution >= 0.6 is 15.9 Å². The predicted octanol–water partition coefficient (Wildman–Crippen LogP) is 4.94. The molecule has 2 rings (SSSR count). The first-order valence-electron chi connectivity index (χ1n) is 6.32. The number of hydrogen-bond acceptors (Lipinski definition) is 1. The van der Waals surface area contributed by atoms with Crippen LogP contribution in [0.15, 0.2) is 46.9 Å². The lowest BCUT2D eigenvalue weighted by molar-refractivity contribution is 0.624. The first kappa shape index (κ1) is 14.1. The van der Waals surface area contributed by atoms with Crippen molar-refractivity contribution in [3.05, 3.63) is 63.9 Å². The Balaban J connectivity index is 2.05. The van der Waals surface area contributed by atoms with Gasteiger partial charge in [0, 0.05) is 16.2 Å². The number of benzene rings is 2. The Hall–Kier alpha value is -1.35. The maximum Gasteiger partial charge on any atom is 0.123 e. The van der Waals surface area contributed by atoms with Crippen molar-refractivity contribution >= 4 is 21.6 Å². The van der Waals surface area contributed by atoms with E-state index in [-0.39, 0.29) is 11.9 Å². The minimum Gasteiger partial charge on any atom is -0.381 e. The highest BCUT2D eigenvalue weighted by Gasteiger charge is 2.07. The zero-order valence-corrected chi connectivity index (χ0v) is 12.7. The van der Waals surface area contributed by atoms with E-state index < -0.39 is 0 Å². The van der Waals surface area contributed by atoms with Crippen molar-refractivity contribution in [2.45, 2.75) is 26.3 Å². The summed E-state index contributed by atoms with van der Waals surface area (Å²) < 4.78 is 14.2. The first-order chi connectivity index (χ1) is 9.06. The van der Waals surface area contributed by atoms with Crippen LogP contribution in [0.5, 0.6) is 0 Å². The van der Waals surface area contributed by atoms with E-state index in [0.717, 1.165) is 22.1 Å². The second-order valence-corrected chi connectivity index (χ2v) is 5.61. The molecule has 0 aliphatic rings. The van der Waals surface area contributed by atoms with Gasteiger partial charge in [0.1, 0.15) is 5.82 Å². The van der Waals surface area contributed by atoms with E-state index in [4.69, 9.17) is 0 Å². The minimum absolute atomic E-state index is 0.179. The van der Waals surface area contributed by atoms with Crippen molar-refractivity contribution in [2.75, 3.05) is 5.32 Å². The molecule has 0 aliphatic carbocycles. The molecule has 1 N–H and O–H groups in total. The van der Waals surface area contributed by atoms with E-state index in [1.807, 2.05) is 18.2 Å². The molecule has 0 heterocycles. The average Bonchev–Trinajstić information content (AvgIpc) is 2.35. The average molecular weight is 322 g/mol. The van der Waals surface area contributed by atoms with E-state index in [2.05, 4.69) is 41.2 Å². The van der Waals surface area contributed by atoms with Crippen LogP contribution in [0.2, 0.25) is 0 Å². The number of aryl methyl sites for hydroxylation is 1. The van der Waals surface area contributed by atoms with Crippen LogP contribution < -0.4 is 5.32 Å². The van der Waals surface area contributed by atoms with Crippen molar-refractivity contribution in [3.63, 3.8) is 0 Å². The van der Waals surface area contributed by atoms with Crippen molar-refractivity contribution in [1.29, 1.82) is 0 Å².